The number of Topliss-reactive ketones (excluding diaryl/α,β-unsaturated/α-hetero) is 1. The van der Waals surface area contributed by atoms with E-state index in [4.69, 9.17) is 21.1 Å². The fourth-order valence-corrected chi connectivity index (χ4v) is 4.62. The minimum absolute atomic E-state index is 0.0286. The first-order chi connectivity index (χ1) is 18.3. The maximum absolute atomic E-state index is 13.3. The zero-order valence-electron chi connectivity index (χ0n) is 21.8. The molecular weight excluding hydrogens is 502 g/mol. The van der Waals surface area contributed by atoms with E-state index >= 15 is 0 Å². The Kier molecular flexibility index (Phi) is 8.74. The summed E-state index contributed by atoms with van der Waals surface area (Å²) in [7, 11) is 1.55. The molecule has 1 N–H and O–H groups in total. The van der Waals surface area contributed by atoms with Crippen molar-refractivity contribution in [1.29, 1.82) is 0 Å². The Morgan fingerprint density at radius 2 is 1.71 bits per heavy atom. The van der Waals surface area contributed by atoms with Crippen molar-refractivity contribution < 1.29 is 24.2 Å². The average molecular weight is 534 g/mol. The largest absolute Gasteiger partial charge is 0.507 e. The van der Waals surface area contributed by atoms with E-state index in [1.807, 2.05) is 36.4 Å². The van der Waals surface area contributed by atoms with Crippen LogP contribution < -0.4 is 9.47 Å². The van der Waals surface area contributed by atoms with Crippen LogP contribution in [-0.2, 0) is 16.0 Å². The molecule has 1 unspecified atom stereocenters. The Morgan fingerprint density at radius 1 is 1.00 bits per heavy atom. The summed E-state index contributed by atoms with van der Waals surface area (Å²) >= 11 is 6.02. The van der Waals surface area contributed by atoms with Gasteiger partial charge in [-0.05, 0) is 66.3 Å². The smallest absolute Gasteiger partial charge is 0.295 e. The number of likely N-dealkylation sites (tertiary alicyclic amines) is 1. The lowest BCUT2D eigenvalue weighted by atomic mass is 9.95. The molecule has 3 aromatic rings. The summed E-state index contributed by atoms with van der Waals surface area (Å²) in [6.07, 6.45) is 1.45. The predicted octanol–water partition coefficient (Wildman–Crippen LogP) is 6.44. The lowest BCUT2D eigenvalue weighted by Crippen LogP contribution is -2.31. The molecular formula is C31H32ClNO5. The number of hydrogen-bond acceptors (Lipinski definition) is 5. The third-order valence-electron chi connectivity index (χ3n) is 6.60. The van der Waals surface area contributed by atoms with Crippen LogP contribution in [0.5, 0.6) is 11.5 Å². The lowest BCUT2D eigenvalue weighted by Gasteiger charge is -2.26. The summed E-state index contributed by atoms with van der Waals surface area (Å²) in [6, 6.07) is 20.8. The molecule has 1 fully saturated rings. The van der Waals surface area contributed by atoms with Crippen LogP contribution in [0.4, 0.5) is 0 Å². The molecule has 1 atom stereocenters. The highest BCUT2D eigenvalue weighted by atomic mass is 35.5. The topological polar surface area (TPSA) is 76.1 Å². The molecule has 0 radical (unpaired) electrons. The number of aliphatic hydroxyl groups is 1. The molecule has 0 aliphatic carbocycles. The monoisotopic (exact) mass is 533 g/mol. The molecule has 1 saturated heterocycles. The van der Waals surface area contributed by atoms with E-state index in [9.17, 15) is 14.7 Å². The van der Waals surface area contributed by atoms with E-state index in [2.05, 4.69) is 13.8 Å². The average Bonchev–Trinajstić information content (AvgIpc) is 3.17. The molecule has 0 spiro atoms. The number of rotatable bonds is 10. The second-order valence-electron chi connectivity index (χ2n) is 9.68. The zero-order chi connectivity index (χ0) is 27.2. The van der Waals surface area contributed by atoms with Gasteiger partial charge in [0.05, 0.1) is 25.3 Å². The van der Waals surface area contributed by atoms with Gasteiger partial charge in [0.15, 0.2) is 11.5 Å². The zero-order valence-corrected chi connectivity index (χ0v) is 22.6. The van der Waals surface area contributed by atoms with Crippen LogP contribution in [0.25, 0.3) is 5.76 Å². The molecule has 6 nitrogen and oxygen atoms in total. The van der Waals surface area contributed by atoms with Crippen molar-refractivity contribution in [3.8, 4) is 11.5 Å². The van der Waals surface area contributed by atoms with Crippen LogP contribution in [0, 0.1) is 5.92 Å². The summed E-state index contributed by atoms with van der Waals surface area (Å²) in [5, 5.41) is 11.8. The van der Waals surface area contributed by atoms with Crippen molar-refractivity contribution in [2.24, 2.45) is 5.92 Å². The van der Waals surface area contributed by atoms with Gasteiger partial charge in [0.25, 0.3) is 11.7 Å². The number of aliphatic hydroxyl groups excluding tert-OH is 1. The number of amides is 1. The quantitative estimate of drug-likeness (QED) is 0.184. The molecule has 198 valence electrons. The van der Waals surface area contributed by atoms with Gasteiger partial charge in [-0.25, -0.2) is 0 Å². The van der Waals surface area contributed by atoms with E-state index < -0.39 is 17.7 Å². The highest BCUT2D eigenvalue weighted by Crippen LogP contribution is 2.42. The number of methoxy groups -OCH3 is 1. The van der Waals surface area contributed by atoms with Gasteiger partial charge in [-0.2, -0.15) is 0 Å². The van der Waals surface area contributed by atoms with Gasteiger partial charge in [0.2, 0.25) is 0 Å². The SMILES string of the molecule is COc1cc(C2C(=C(O)c3ccc(Cl)cc3)C(=O)C(=O)N2CCc2ccccc2)ccc1OCCC(C)C. The Bertz CT molecular complexity index is 1320. The Hall–Kier alpha value is -3.77. The van der Waals surface area contributed by atoms with Crippen LogP contribution in [0.1, 0.15) is 43.0 Å². The number of carbonyl (C=O) groups is 2. The van der Waals surface area contributed by atoms with Crippen LogP contribution >= 0.6 is 11.6 Å². The molecule has 7 heteroatoms. The van der Waals surface area contributed by atoms with Crippen molar-refractivity contribution in [2.45, 2.75) is 32.7 Å². The standard InChI is InChI=1S/C31H32ClNO5/c1-20(2)16-18-38-25-14-11-23(19-26(25)37-3)28-27(29(34)22-9-12-24(32)13-10-22)30(35)31(36)33(28)17-15-21-7-5-4-6-8-21/h4-14,19-20,28,34H,15-18H2,1-3H3. The number of hydrogen-bond donors (Lipinski definition) is 1. The minimum atomic E-state index is -0.798. The molecule has 1 aliphatic heterocycles. The number of nitrogens with zero attached hydrogens (tertiary/aromatic N) is 1. The molecule has 4 rings (SSSR count). The number of benzene rings is 3. The highest BCUT2D eigenvalue weighted by molar-refractivity contribution is 6.46. The molecule has 1 heterocycles. The fraction of sp³-hybridized carbons (Fsp3) is 0.290. The number of halogens is 1. The van der Waals surface area contributed by atoms with Gasteiger partial charge < -0.3 is 19.5 Å². The number of ether oxygens (including phenoxy) is 2. The molecule has 0 aromatic heterocycles. The molecule has 38 heavy (non-hydrogen) atoms. The molecule has 0 bridgehead atoms. The summed E-state index contributed by atoms with van der Waals surface area (Å²) in [5.74, 6) is -0.0624. The van der Waals surface area contributed by atoms with Crippen molar-refractivity contribution in [3.05, 3.63) is 100 Å². The summed E-state index contributed by atoms with van der Waals surface area (Å²) < 4.78 is 11.5. The first-order valence-corrected chi connectivity index (χ1v) is 13.1. The molecule has 0 saturated carbocycles. The Labute approximate surface area is 228 Å². The summed E-state index contributed by atoms with van der Waals surface area (Å²) in [4.78, 5) is 28.1. The van der Waals surface area contributed by atoms with E-state index in [0.717, 1.165) is 12.0 Å². The minimum Gasteiger partial charge on any atom is -0.507 e. The predicted molar refractivity (Wildman–Crippen MR) is 149 cm³/mol. The second kappa shape index (κ2) is 12.2. The van der Waals surface area contributed by atoms with Crippen molar-refractivity contribution in [2.75, 3.05) is 20.3 Å². The van der Waals surface area contributed by atoms with Gasteiger partial charge in [-0.1, -0.05) is 61.8 Å². The van der Waals surface area contributed by atoms with Crippen LogP contribution in [0.3, 0.4) is 0 Å². The summed E-state index contributed by atoms with van der Waals surface area (Å²) in [6.45, 7) is 5.09. The maximum atomic E-state index is 13.3. The van der Waals surface area contributed by atoms with Gasteiger partial charge in [-0.3, -0.25) is 9.59 Å². The van der Waals surface area contributed by atoms with E-state index in [1.54, 1.807) is 43.5 Å². The van der Waals surface area contributed by atoms with Gasteiger partial charge in [-0.15, -0.1) is 0 Å². The fourth-order valence-electron chi connectivity index (χ4n) is 4.49. The first kappa shape index (κ1) is 27.3. The maximum Gasteiger partial charge on any atom is 0.295 e. The second-order valence-corrected chi connectivity index (χ2v) is 10.1. The highest BCUT2D eigenvalue weighted by Gasteiger charge is 2.46. The van der Waals surface area contributed by atoms with Gasteiger partial charge in [0, 0.05) is 17.1 Å². The number of ketones is 1. The van der Waals surface area contributed by atoms with Gasteiger partial charge >= 0.3 is 0 Å². The molecule has 1 amide bonds. The van der Waals surface area contributed by atoms with E-state index in [0.29, 0.717) is 53.1 Å². The van der Waals surface area contributed by atoms with Crippen LogP contribution in [0.2, 0.25) is 5.02 Å². The van der Waals surface area contributed by atoms with Gasteiger partial charge in [0.1, 0.15) is 5.76 Å². The molecule has 1 aliphatic rings. The van der Waals surface area contributed by atoms with Crippen LogP contribution in [0.15, 0.2) is 78.4 Å². The Morgan fingerprint density at radius 3 is 2.37 bits per heavy atom. The van der Waals surface area contributed by atoms with Crippen LogP contribution in [-0.4, -0.2) is 42.0 Å². The number of carbonyl (C=O) groups excluding carboxylic acids is 2. The van der Waals surface area contributed by atoms with E-state index in [1.165, 1.54) is 4.90 Å². The third kappa shape index (κ3) is 6.03. The third-order valence-corrected chi connectivity index (χ3v) is 6.85. The normalized spacial score (nSPS) is 16.8. The van der Waals surface area contributed by atoms with E-state index in [-0.39, 0.29) is 11.3 Å². The Balaban J connectivity index is 1.76. The van der Waals surface area contributed by atoms with Crippen molar-refractivity contribution in [1.82, 2.24) is 4.90 Å². The first-order valence-electron chi connectivity index (χ1n) is 12.7. The molecule has 3 aromatic carbocycles. The van der Waals surface area contributed by atoms with Crippen molar-refractivity contribution >= 4 is 29.1 Å². The lowest BCUT2D eigenvalue weighted by molar-refractivity contribution is -0.139. The van der Waals surface area contributed by atoms with Crippen molar-refractivity contribution in [3.63, 3.8) is 0 Å². The summed E-state index contributed by atoms with van der Waals surface area (Å²) in [5.41, 5.74) is 2.11.